The number of nitrogens with one attached hydrogen (secondary N) is 1. The zero-order chi connectivity index (χ0) is 29.8. The van der Waals surface area contributed by atoms with Gasteiger partial charge in [-0.15, -0.1) is 10.2 Å². The Balaban J connectivity index is 1.30. The minimum Gasteiger partial charge on any atom is -0.449 e. The molecule has 0 unspecified atom stereocenters. The van der Waals surface area contributed by atoms with Gasteiger partial charge in [0.15, 0.2) is 11.3 Å². The predicted molar refractivity (Wildman–Crippen MR) is 160 cm³/mol. The molecule has 4 heterocycles. The lowest BCUT2D eigenvalue weighted by atomic mass is 9.86. The summed E-state index contributed by atoms with van der Waals surface area (Å²) < 4.78 is 20.5. The van der Waals surface area contributed by atoms with E-state index < -0.39 is 11.4 Å². The summed E-state index contributed by atoms with van der Waals surface area (Å²) in [5.74, 6) is 0.0435. The van der Waals surface area contributed by atoms with Crippen molar-refractivity contribution in [1.29, 1.82) is 0 Å². The number of anilines is 1. The summed E-state index contributed by atoms with van der Waals surface area (Å²) in [6.07, 6.45) is 0. The molecule has 11 heteroatoms. The minimum atomic E-state index is -0.514. The lowest BCUT2D eigenvalue weighted by Gasteiger charge is -2.47. The average molecular weight is 588 g/mol. The van der Waals surface area contributed by atoms with Gasteiger partial charge < -0.3 is 14.2 Å². The third kappa shape index (κ3) is 5.11. The van der Waals surface area contributed by atoms with Crippen LogP contribution in [0.15, 0.2) is 59.0 Å². The van der Waals surface area contributed by atoms with E-state index in [1.165, 1.54) is 12.1 Å². The van der Waals surface area contributed by atoms with Crippen molar-refractivity contribution in [2.75, 3.05) is 24.5 Å². The topological polar surface area (TPSA) is 104 Å². The maximum absolute atomic E-state index is 14.3. The van der Waals surface area contributed by atoms with E-state index in [0.29, 0.717) is 47.8 Å². The molecular formula is C31H31ClFN7O2. The van der Waals surface area contributed by atoms with Gasteiger partial charge in [-0.05, 0) is 54.8 Å². The third-order valence-corrected chi connectivity index (χ3v) is 7.98. The first-order valence-corrected chi connectivity index (χ1v) is 14.1. The number of carbonyl (C=O) groups is 1. The van der Waals surface area contributed by atoms with Crippen molar-refractivity contribution in [3.63, 3.8) is 0 Å². The number of halogens is 2. The summed E-state index contributed by atoms with van der Waals surface area (Å²) in [5, 5.41) is 14.4. The van der Waals surface area contributed by atoms with Crippen LogP contribution < -0.4 is 4.90 Å². The molecule has 1 aliphatic heterocycles. The first-order valence-electron chi connectivity index (χ1n) is 13.7. The van der Waals surface area contributed by atoms with Crippen LogP contribution in [0, 0.1) is 5.82 Å². The molecule has 1 amide bonds. The summed E-state index contributed by atoms with van der Waals surface area (Å²) in [6, 6.07) is 16.2. The van der Waals surface area contributed by atoms with Crippen LogP contribution in [-0.2, 0) is 5.41 Å². The number of nitrogens with zero attached hydrogens (tertiary/aromatic N) is 6. The van der Waals surface area contributed by atoms with Crippen LogP contribution >= 0.6 is 11.6 Å². The predicted octanol–water partition coefficient (Wildman–Crippen LogP) is 6.51. The van der Waals surface area contributed by atoms with Crippen LogP contribution in [-0.4, -0.2) is 61.6 Å². The molecule has 3 aromatic heterocycles. The van der Waals surface area contributed by atoms with Gasteiger partial charge in [-0.3, -0.25) is 4.79 Å². The molecule has 9 nitrogen and oxygen atoms in total. The normalized spacial score (nSPS) is 15.4. The zero-order valence-corrected chi connectivity index (χ0v) is 24.8. The Bertz CT molecular complexity index is 1790. The van der Waals surface area contributed by atoms with Gasteiger partial charge in [-0.2, -0.15) is 5.21 Å². The van der Waals surface area contributed by atoms with Crippen molar-refractivity contribution < 1.29 is 13.6 Å². The smallest absolute Gasteiger partial charge is 0.290 e. The average Bonchev–Trinajstić information content (AvgIpc) is 3.63. The number of benzene rings is 2. The van der Waals surface area contributed by atoms with Crippen molar-refractivity contribution in [3.05, 3.63) is 76.8 Å². The van der Waals surface area contributed by atoms with Gasteiger partial charge in [0.1, 0.15) is 11.3 Å². The Kier molecular flexibility index (Phi) is 6.76. The highest BCUT2D eigenvalue weighted by Gasteiger charge is 2.39. The summed E-state index contributed by atoms with van der Waals surface area (Å²) >= 11 is 5.91. The van der Waals surface area contributed by atoms with Crippen molar-refractivity contribution in [2.45, 2.75) is 45.6 Å². The van der Waals surface area contributed by atoms with E-state index in [1.807, 2.05) is 35.2 Å². The molecule has 1 N–H and O–H groups in total. The number of pyridine rings is 1. The maximum atomic E-state index is 14.3. The number of aromatic nitrogens is 5. The molecule has 0 bridgehead atoms. The zero-order valence-electron chi connectivity index (χ0n) is 24.1. The first-order chi connectivity index (χ1) is 19.9. The highest BCUT2D eigenvalue weighted by molar-refractivity contribution is 6.30. The van der Waals surface area contributed by atoms with Crippen LogP contribution in [0.3, 0.4) is 0 Å². The molecule has 1 aliphatic rings. The van der Waals surface area contributed by atoms with E-state index in [4.69, 9.17) is 21.0 Å². The largest absolute Gasteiger partial charge is 0.449 e. The monoisotopic (exact) mass is 587 g/mol. The minimum absolute atomic E-state index is 0.0504. The highest BCUT2D eigenvalue weighted by Crippen LogP contribution is 2.36. The molecule has 0 radical (unpaired) electrons. The molecule has 0 spiro atoms. The summed E-state index contributed by atoms with van der Waals surface area (Å²) in [5.41, 5.74) is 4.22. The van der Waals surface area contributed by atoms with Gasteiger partial charge in [-0.25, -0.2) is 9.37 Å². The number of furan rings is 1. The number of fused-ring (bicyclic) bond motifs is 1. The van der Waals surface area contributed by atoms with Gasteiger partial charge in [0, 0.05) is 48.1 Å². The lowest BCUT2D eigenvalue weighted by Crippen LogP contribution is -2.61. The van der Waals surface area contributed by atoms with Gasteiger partial charge in [0.2, 0.25) is 5.82 Å². The van der Waals surface area contributed by atoms with E-state index >= 15 is 0 Å². The lowest BCUT2D eigenvalue weighted by molar-refractivity contribution is 0.0484. The Morgan fingerprint density at radius 2 is 1.88 bits per heavy atom. The van der Waals surface area contributed by atoms with Gasteiger partial charge in [-0.1, -0.05) is 50.6 Å². The number of aromatic amines is 1. The number of rotatable bonds is 4. The second-order valence-corrected chi connectivity index (χ2v) is 12.6. The summed E-state index contributed by atoms with van der Waals surface area (Å²) in [7, 11) is 0. The van der Waals surface area contributed by atoms with E-state index in [1.54, 1.807) is 12.1 Å². The molecule has 1 saturated heterocycles. The Labute approximate surface area is 247 Å². The van der Waals surface area contributed by atoms with Crippen molar-refractivity contribution >= 4 is 34.3 Å². The standard InChI is InChI=1S/C31H31ClFN7O2/c1-30(2,3)21-15-24(18-9-10-22(32)23(33)14-18)34-25-16-26(42-27(21)25)29(41)40-12-11-39(17-31(40,4)5)20-8-6-7-19(13-20)28-35-37-38-36-28/h6-10,13-16H,11-12,17H2,1-5H3,(H,35,36,37,38). The summed E-state index contributed by atoms with van der Waals surface area (Å²) in [6.45, 7) is 12.1. The fraction of sp³-hybridized carbons (Fsp3) is 0.323. The second kappa shape index (κ2) is 10.2. The Hall–Kier alpha value is -4.31. The first kappa shape index (κ1) is 27.8. The van der Waals surface area contributed by atoms with Gasteiger partial charge in [0.25, 0.3) is 5.91 Å². The van der Waals surface area contributed by atoms with Crippen molar-refractivity contribution in [3.8, 4) is 22.6 Å². The molecule has 42 heavy (non-hydrogen) atoms. The molecule has 0 saturated carbocycles. The van der Waals surface area contributed by atoms with Crippen LogP contribution in [0.4, 0.5) is 10.1 Å². The maximum Gasteiger partial charge on any atom is 0.290 e. The Morgan fingerprint density at radius 3 is 2.57 bits per heavy atom. The van der Waals surface area contributed by atoms with Crippen LogP contribution in [0.25, 0.3) is 33.7 Å². The Morgan fingerprint density at radius 1 is 1.07 bits per heavy atom. The van der Waals surface area contributed by atoms with E-state index in [0.717, 1.165) is 16.8 Å². The number of hydrogen-bond acceptors (Lipinski definition) is 7. The molecule has 5 aromatic rings. The number of tetrazole rings is 1. The fourth-order valence-electron chi connectivity index (χ4n) is 5.50. The summed E-state index contributed by atoms with van der Waals surface area (Å²) in [4.78, 5) is 22.8. The van der Waals surface area contributed by atoms with Crippen LogP contribution in [0.1, 0.15) is 50.7 Å². The number of amides is 1. The van der Waals surface area contributed by atoms with Crippen molar-refractivity contribution in [1.82, 2.24) is 30.5 Å². The van der Waals surface area contributed by atoms with Crippen LogP contribution in [0.5, 0.6) is 0 Å². The molecule has 1 fully saturated rings. The number of carbonyl (C=O) groups excluding carboxylic acids is 1. The second-order valence-electron chi connectivity index (χ2n) is 12.2. The van der Waals surface area contributed by atoms with Gasteiger partial charge >= 0.3 is 0 Å². The molecule has 0 aliphatic carbocycles. The third-order valence-electron chi connectivity index (χ3n) is 7.68. The van der Waals surface area contributed by atoms with E-state index in [-0.39, 0.29) is 22.1 Å². The molecule has 0 atom stereocenters. The SMILES string of the molecule is CC(C)(C)c1cc(-c2ccc(Cl)c(F)c2)nc2cc(C(=O)N3CCN(c4cccc(-c5nn[nH]n5)c4)CC3(C)C)oc12. The highest BCUT2D eigenvalue weighted by atomic mass is 35.5. The van der Waals surface area contributed by atoms with E-state index in [2.05, 4.69) is 60.1 Å². The molecule has 216 valence electrons. The number of hydrogen-bond donors (Lipinski definition) is 1. The number of H-pyrrole nitrogens is 1. The van der Waals surface area contributed by atoms with Gasteiger partial charge in [0.05, 0.1) is 16.3 Å². The fourth-order valence-corrected chi connectivity index (χ4v) is 5.62. The van der Waals surface area contributed by atoms with Crippen molar-refractivity contribution in [2.24, 2.45) is 0 Å². The molecule has 2 aromatic carbocycles. The molecular weight excluding hydrogens is 557 g/mol. The number of piperazine rings is 1. The molecule has 6 rings (SSSR count). The van der Waals surface area contributed by atoms with E-state index in [9.17, 15) is 9.18 Å². The quantitative estimate of drug-likeness (QED) is 0.256. The van der Waals surface area contributed by atoms with Crippen LogP contribution in [0.2, 0.25) is 5.02 Å².